The molecule has 2 heterocycles. The summed E-state index contributed by atoms with van der Waals surface area (Å²) in [5.41, 5.74) is 0.0130. The van der Waals surface area contributed by atoms with Crippen LogP contribution in [0.2, 0.25) is 0 Å². The van der Waals surface area contributed by atoms with Crippen molar-refractivity contribution in [3.05, 3.63) is 29.8 Å². The fraction of sp³-hybridized carbons (Fsp3) is 0.556. The van der Waals surface area contributed by atoms with E-state index >= 15 is 0 Å². The van der Waals surface area contributed by atoms with Crippen LogP contribution in [0.3, 0.4) is 0 Å². The molecule has 8 heteroatoms. The van der Waals surface area contributed by atoms with Gasteiger partial charge < -0.3 is 15.0 Å². The highest BCUT2D eigenvalue weighted by molar-refractivity contribution is 6.09. The standard InChI is InChI=1S/C18H23F2N3O3/c19-13-2-3-16(15(20)12-13)23-7-4-14(18(23)25)17(24)21-5-1-6-22-8-10-26-11-9-22/h2-3,12,14H,1,4-11H2,(H,21,24). The van der Waals surface area contributed by atoms with Crippen LogP contribution in [-0.4, -0.2) is 62.7 Å². The number of anilines is 1. The van der Waals surface area contributed by atoms with E-state index in [9.17, 15) is 18.4 Å². The van der Waals surface area contributed by atoms with Gasteiger partial charge in [-0.3, -0.25) is 14.5 Å². The Bertz CT molecular complexity index is 665. The summed E-state index contributed by atoms with van der Waals surface area (Å²) in [5.74, 6) is -3.09. The maximum atomic E-state index is 13.9. The zero-order valence-electron chi connectivity index (χ0n) is 14.5. The number of carbonyl (C=O) groups excluding carboxylic acids is 2. The third-order valence-electron chi connectivity index (χ3n) is 4.78. The highest BCUT2D eigenvalue weighted by Gasteiger charge is 2.38. The summed E-state index contributed by atoms with van der Waals surface area (Å²) >= 11 is 0. The summed E-state index contributed by atoms with van der Waals surface area (Å²) < 4.78 is 32.2. The van der Waals surface area contributed by atoms with Crippen molar-refractivity contribution in [2.24, 2.45) is 5.92 Å². The highest BCUT2D eigenvalue weighted by Crippen LogP contribution is 2.28. The number of nitrogens with one attached hydrogen (secondary N) is 1. The van der Waals surface area contributed by atoms with Gasteiger partial charge in [0.2, 0.25) is 11.8 Å². The molecule has 1 atom stereocenters. The smallest absolute Gasteiger partial charge is 0.239 e. The molecule has 1 aromatic rings. The van der Waals surface area contributed by atoms with Crippen LogP contribution in [-0.2, 0) is 14.3 Å². The molecule has 2 aliphatic rings. The number of amides is 2. The van der Waals surface area contributed by atoms with E-state index in [0.717, 1.165) is 51.4 Å². The number of benzene rings is 1. The van der Waals surface area contributed by atoms with E-state index in [4.69, 9.17) is 4.74 Å². The molecule has 2 fully saturated rings. The lowest BCUT2D eigenvalue weighted by Crippen LogP contribution is -2.40. The highest BCUT2D eigenvalue weighted by atomic mass is 19.1. The Morgan fingerprint density at radius 1 is 1.23 bits per heavy atom. The lowest BCUT2D eigenvalue weighted by molar-refractivity contribution is -0.132. The van der Waals surface area contributed by atoms with E-state index in [1.165, 1.54) is 11.0 Å². The van der Waals surface area contributed by atoms with Crippen molar-refractivity contribution in [1.29, 1.82) is 0 Å². The molecule has 2 saturated heterocycles. The monoisotopic (exact) mass is 367 g/mol. The van der Waals surface area contributed by atoms with Gasteiger partial charge in [-0.05, 0) is 31.5 Å². The molecule has 6 nitrogen and oxygen atoms in total. The number of nitrogens with zero attached hydrogens (tertiary/aromatic N) is 2. The molecule has 26 heavy (non-hydrogen) atoms. The average Bonchev–Trinajstić information content (AvgIpc) is 3.01. The van der Waals surface area contributed by atoms with Gasteiger partial charge in [-0.15, -0.1) is 0 Å². The zero-order valence-corrected chi connectivity index (χ0v) is 14.5. The van der Waals surface area contributed by atoms with Crippen molar-refractivity contribution in [3.8, 4) is 0 Å². The van der Waals surface area contributed by atoms with E-state index in [1.807, 2.05) is 0 Å². The Hall–Kier alpha value is -2.06. The molecule has 0 aliphatic carbocycles. The second kappa shape index (κ2) is 8.55. The third-order valence-corrected chi connectivity index (χ3v) is 4.78. The van der Waals surface area contributed by atoms with Crippen LogP contribution in [0.25, 0.3) is 0 Å². The molecule has 2 amide bonds. The first-order valence-electron chi connectivity index (χ1n) is 8.90. The predicted molar refractivity (Wildman–Crippen MR) is 91.7 cm³/mol. The SMILES string of the molecule is O=C(NCCCN1CCOCC1)C1CCN(c2ccc(F)cc2F)C1=O. The topological polar surface area (TPSA) is 61.9 Å². The largest absolute Gasteiger partial charge is 0.379 e. The van der Waals surface area contributed by atoms with Crippen LogP contribution in [0.15, 0.2) is 18.2 Å². The summed E-state index contributed by atoms with van der Waals surface area (Å²) in [4.78, 5) is 28.2. The molecular weight excluding hydrogens is 344 g/mol. The van der Waals surface area contributed by atoms with Crippen LogP contribution in [0.1, 0.15) is 12.8 Å². The number of morpholine rings is 1. The first-order valence-corrected chi connectivity index (χ1v) is 8.90. The van der Waals surface area contributed by atoms with Gasteiger partial charge in [0.15, 0.2) is 0 Å². The van der Waals surface area contributed by atoms with Crippen LogP contribution in [0, 0.1) is 17.6 Å². The minimum Gasteiger partial charge on any atom is -0.379 e. The molecule has 0 bridgehead atoms. The second-order valence-electron chi connectivity index (χ2n) is 6.53. The lowest BCUT2D eigenvalue weighted by atomic mass is 10.1. The number of halogens is 2. The molecule has 1 unspecified atom stereocenters. The lowest BCUT2D eigenvalue weighted by Gasteiger charge is -2.26. The van der Waals surface area contributed by atoms with E-state index in [1.54, 1.807) is 0 Å². The van der Waals surface area contributed by atoms with Crippen molar-refractivity contribution < 1.29 is 23.1 Å². The summed E-state index contributed by atoms with van der Waals surface area (Å²) in [7, 11) is 0. The Labute approximate surface area is 151 Å². The molecular formula is C18H23F2N3O3. The Morgan fingerprint density at radius 3 is 2.73 bits per heavy atom. The van der Waals surface area contributed by atoms with Gasteiger partial charge in [0.1, 0.15) is 17.6 Å². The van der Waals surface area contributed by atoms with Crippen LogP contribution >= 0.6 is 0 Å². The molecule has 0 aromatic heterocycles. The van der Waals surface area contributed by atoms with Gasteiger partial charge in [-0.2, -0.15) is 0 Å². The average molecular weight is 367 g/mol. The van der Waals surface area contributed by atoms with Gasteiger partial charge >= 0.3 is 0 Å². The number of hydrogen-bond donors (Lipinski definition) is 1. The van der Waals surface area contributed by atoms with E-state index in [-0.39, 0.29) is 18.1 Å². The maximum absolute atomic E-state index is 13.9. The van der Waals surface area contributed by atoms with Crippen LogP contribution < -0.4 is 10.2 Å². The van der Waals surface area contributed by atoms with E-state index in [2.05, 4.69) is 10.2 Å². The summed E-state index contributed by atoms with van der Waals surface area (Å²) in [6.45, 7) is 4.87. The third kappa shape index (κ3) is 4.37. The number of carbonyl (C=O) groups is 2. The van der Waals surface area contributed by atoms with Crippen molar-refractivity contribution in [2.75, 3.05) is 50.8 Å². The minimum atomic E-state index is -0.817. The first kappa shape index (κ1) is 18.7. The fourth-order valence-electron chi connectivity index (χ4n) is 3.32. The zero-order chi connectivity index (χ0) is 18.5. The van der Waals surface area contributed by atoms with Gasteiger partial charge in [-0.25, -0.2) is 8.78 Å². The van der Waals surface area contributed by atoms with Crippen LogP contribution in [0.5, 0.6) is 0 Å². The van der Waals surface area contributed by atoms with Crippen molar-refractivity contribution in [3.63, 3.8) is 0 Å². The Morgan fingerprint density at radius 2 is 2.00 bits per heavy atom. The normalized spacial score (nSPS) is 21.2. The van der Waals surface area contributed by atoms with Gasteiger partial charge in [0, 0.05) is 32.2 Å². The van der Waals surface area contributed by atoms with Crippen molar-refractivity contribution in [1.82, 2.24) is 10.2 Å². The molecule has 2 aliphatic heterocycles. The number of rotatable bonds is 6. The first-order chi connectivity index (χ1) is 12.6. The number of hydrogen-bond acceptors (Lipinski definition) is 4. The van der Waals surface area contributed by atoms with Gasteiger partial charge in [-0.1, -0.05) is 0 Å². The van der Waals surface area contributed by atoms with Gasteiger partial charge in [0.25, 0.3) is 0 Å². The quantitative estimate of drug-likeness (QED) is 0.605. The summed E-state index contributed by atoms with van der Waals surface area (Å²) in [6, 6.07) is 3.07. The molecule has 142 valence electrons. The number of ether oxygens (including phenoxy) is 1. The van der Waals surface area contributed by atoms with Crippen molar-refractivity contribution in [2.45, 2.75) is 12.8 Å². The summed E-state index contributed by atoms with van der Waals surface area (Å²) in [5, 5.41) is 2.79. The molecule has 0 saturated carbocycles. The Balaban J connectivity index is 1.47. The molecule has 0 spiro atoms. The Kier molecular flexibility index (Phi) is 6.16. The summed E-state index contributed by atoms with van der Waals surface area (Å²) in [6.07, 6.45) is 1.12. The van der Waals surface area contributed by atoms with Crippen molar-refractivity contribution >= 4 is 17.5 Å². The molecule has 3 rings (SSSR count). The predicted octanol–water partition coefficient (Wildman–Crippen LogP) is 1.16. The molecule has 1 aromatic carbocycles. The minimum absolute atomic E-state index is 0.0130. The maximum Gasteiger partial charge on any atom is 0.239 e. The fourth-order valence-corrected chi connectivity index (χ4v) is 3.32. The second-order valence-corrected chi connectivity index (χ2v) is 6.53. The molecule has 0 radical (unpaired) electrons. The van der Waals surface area contributed by atoms with E-state index < -0.39 is 23.5 Å². The van der Waals surface area contributed by atoms with Gasteiger partial charge in [0.05, 0.1) is 18.9 Å². The van der Waals surface area contributed by atoms with E-state index in [0.29, 0.717) is 13.0 Å². The van der Waals surface area contributed by atoms with Crippen LogP contribution in [0.4, 0.5) is 14.5 Å². The molecule has 1 N–H and O–H groups in total.